The Morgan fingerprint density at radius 2 is 1.78 bits per heavy atom. The van der Waals surface area contributed by atoms with Crippen molar-refractivity contribution in [2.24, 2.45) is 0 Å². The van der Waals surface area contributed by atoms with E-state index in [1.807, 2.05) is 0 Å². The maximum Gasteiger partial charge on any atom is 1.00 e. The van der Waals surface area contributed by atoms with E-state index in [4.69, 9.17) is 9.90 Å². The first-order chi connectivity index (χ1) is 3.65. The molecule has 0 aliphatic carbocycles. The van der Waals surface area contributed by atoms with Crippen LogP contribution in [0.1, 0.15) is 26.7 Å². The van der Waals surface area contributed by atoms with E-state index in [1.54, 1.807) is 0 Å². The van der Waals surface area contributed by atoms with Gasteiger partial charge in [-0.3, -0.25) is 4.79 Å². The zero-order valence-corrected chi connectivity index (χ0v) is 6.48. The first-order valence-electron chi connectivity index (χ1n) is 2.63. The van der Waals surface area contributed by atoms with Crippen LogP contribution >= 0.6 is 0 Å². The Kier molecular flexibility index (Phi) is 28.0. The minimum Gasteiger partial charge on any atom is -0.481 e. The topological polar surface area (TPSA) is 37.3 Å². The first-order valence-corrected chi connectivity index (χ1v) is 2.63. The fourth-order valence-electron chi connectivity index (χ4n) is 0. The molecule has 0 radical (unpaired) electrons. The summed E-state index contributed by atoms with van der Waals surface area (Å²) in [5.41, 5.74) is 0. The molecule has 0 amide bonds. The van der Waals surface area contributed by atoms with E-state index in [-0.39, 0.29) is 18.9 Å². The number of unbranched alkanes of at least 4 members (excludes halogenated alkanes) is 1. The van der Waals surface area contributed by atoms with E-state index in [2.05, 4.69) is 13.8 Å². The average Bonchev–Trinajstić information content (AvgIpc) is 1.65. The third-order valence-corrected chi connectivity index (χ3v) is 0.354. The van der Waals surface area contributed by atoms with Crippen LogP contribution in [0.15, 0.2) is 0 Å². The van der Waals surface area contributed by atoms with Crippen LogP contribution in [0.4, 0.5) is 0 Å². The van der Waals surface area contributed by atoms with Crippen molar-refractivity contribution in [1.29, 1.82) is 0 Å². The zero-order chi connectivity index (χ0) is 6.99. The van der Waals surface area contributed by atoms with Crippen molar-refractivity contribution in [2.45, 2.75) is 26.7 Å². The summed E-state index contributed by atoms with van der Waals surface area (Å²) in [6, 6.07) is 0. The molecule has 0 atom stereocenters. The van der Waals surface area contributed by atoms with Gasteiger partial charge in [-0.1, -0.05) is 13.3 Å². The Morgan fingerprint density at radius 3 is 1.78 bits per heavy atom. The van der Waals surface area contributed by atoms with Crippen molar-refractivity contribution in [3.8, 4) is 0 Å². The van der Waals surface area contributed by atoms with Gasteiger partial charge in [-0.25, -0.2) is 0 Å². The molecule has 0 spiro atoms. The molecular formula is C6H13LiO2. The maximum absolute atomic E-state index is 9.00. The van der Waals surface area contributed by atoms with Gasteiger partial charge in [0.05, 0.1) is 0 Å². The van der Waals surface area contributed by atoms with Gasteiger partial charge in [0.1, 0.15) is 0 Å². The van der Waals surface area contributed by atoms with Crippen LogP contribution < -0.4 is 18.9 Å². The summed E-state index contributed by atoms with van der Waals surface area (Å²) in [6.07, 6.45) is 2.28. The van der Waals surface area contributed by atoms with E-state index >= 15 is 0 Å². The third-order valence-electron chi connectivity index (χ3n) is 0.354. The van der Waals surface area contributed by atoms with Crippen molar-refractivity contribution < 1.29 is 28.8 Å². The standard InChI is InChI=1S/C4H9.C2H4O2.Li/c1-3-4-2;1-2(3)4;/h1,3-4H2,2H3;1H3,(H,3,4);/q-1;;+1. The molecule has 0 aliphatic rings. The molecule has 0 heterocycles. The van der Waals surface area contributed by atoms with E-state index in [0.717, 1.165) is 13.3 Å². The fraction of sp³-hybridized carbons (Fsp3) is 0.667. The summed E-state index contributed by atoms with van der Waals surface area (Å²) >= 11 is 0. The largest absolute Gasteiger partial charge is 1.00 e. The second kappa shape index (κ2) is 15.7. The van der Waals surface area contributed by atoms with Crippen molar-refractivity contribution in [3.63, 3.8) is 0 Å². The molecule has 0 bridgehead atoms. The summed E-state index contributed by atoms with van der Waals surface area (Å²) in [4.78, 5) is 9.00. The van der Waals surface area contributed by atoms with Gasteiger partial charge in [-0.15, -0.1) is 0 Å². The molecule has 0 aromatic carbocycles. The van der Waals surface area contributed by atoms with Crippen LogP contribution in [0.25, 0.3) is 0 Å². The van der Waals surface area contributed by atoms with Crippen LogP contribution in [-0.2, 0) is 4.79 Å². The molecule has 0 saturated heterocycles. The van der Waals surface area contributed by atoms with Crippen LogP contribution in [0, 0.1) is 6.92 Å². The van der Waals surface area contributed by atoms with E-state index in [1.165, 1.54) is 6.42 Å². The molecule has 0 fully saturated rings. The molecule has 0 saturated carbocycles. The number of hydrogen-bond donors (Lipinski definition) is 1. The molecule has 2 nitrogen and oxygen atoms in total. The van der Waals surface area contributed by atoms with Gasteiger partial charge in [0, 0.05) is 6.92 Å². The zero-order valence-electron chi connectivity index (χ0n) is 6.48. The van der Waals surface area contributed by atoms with Crippen LogP contribution in [0.2, 0.25) is 0 Å². The summed E-state index contributed by atoms with van der Waals surface area (Å²) in [6.45, 7) is 6.81. The Morgan fingerprint density at radius 1 is 1.67 bits per heavy atom. The van der Waals surface area contributed by atoms with Gasteiger partial charge in [-0.2, -0.15) is 6.42 Å². The monoisotopic (exact) mass is 124 g/mol. The molecule has 0 rings (SSSR count). The average molecular weight is 124 g/mol. The molecule has 3 heteroatoms. The fourth-order valence-corrected chi connectivity index (χ4v) is 0. The summed E-state index contributed by atoms with van der Waals surface area (Å²) in [5, 5.41) is 7.42. The second-order valence-corrected chi connectivity index (χ2v) is 1.37. The molecule has 0 aromatic rings. The summed E-state index contributed by atoms with van der Waals surface area (Å²) < 4.78 is 0. The van der Waals surface area contributed by atoms with Gasteiger partial charge in [0.15, 0.2) is 0 Å². The van der Waals surface area contributed by atoms with Gasteiger partial charge in [0.2, 0.25) is 0 Å². The summed E-state index contributed by atoms with van der Waals surface area (Å²) in [5.74, 6) is -0.833. The molecule has 50 valence electrons. The van der Waals surface area contributed by atoms with Crippen LogP contribution in [0.3, 0.4) is 0 Å². The maximum atomic E-state index is 9.00. The molecule has 0 unspecified atom stereocenters. The minimum absolute atomic E-state index is 0. The van der Waals surface area contributed by atoms with Crippen LogP contribution in [0.5, 0.6) is 0 Å². The Bertz CT molecular complexity index is 49.0. The predicted molar refractivity (Wildman–Crippen MR) is 33.6 cm³/mol. The Labute approximate surface area is 68.8 Å². The van der Waals surface area contributed by atoms with Crippen molar-refractivity contribution in [1.82, 2.24) is 0 Å². The quantitative estimate of drug-likeness (QED) is 0.349. The number of carboxylic acids is 1. The SMILES string of the molecule is CC(=O)O.[CH2-]CCC.[Li+]. The molecule has 9 heavy (non-hydrogen) atoms. The number of carboxylic acid groups (broad SMARTS) is 1. The van der Waals surface area contributed by atoms with E-state index < -0.39 is 5.97 Å². The van der Waals surface area contributed by atoms with Gasteiger partial charge < -0.3 is 12.0 Å². The second-order valence-electron chi connectivity index (χ2n) is 1.37. The number of carbonyl (C=O) groups is 1. The van der Waals surface area contributed by atoms with Gasteiger partial charge in [-0.05, 0) is 0 Å². The smallest absolute Gasteiger partial charge is 0.481 e. The molecular weight excluding hydrogens is 111 g/mol. The normalized spacial score (nSPS) is 6.11. The molecule has 0 aromatic heterocycles. The predicted octanol–water partition coefficient (Wildman–Crippen LogP) is -1.28. The Balaban J connectivity index is -0.0000000720. The molecule has 1 N–H and O–H groups in total. The van der Waals surface area contributed by atoms with E-state index in [9.17, 15) is 0 Å². The first kappa shape index (κ1) is 16.0. The third kappa shape index (κ3) is 261. The number of hydrogen-bond acceptors (Lipinski definition) is 1. The van der Waals surface area contributed by atoms with E-state index in [0.29, 0.717) is 0 Å². The Hall–Kier alpha value is 0.0674. The number of aliphatic carboxylic acids is 1. The molecule has 0 aliphatic heterocycles. The van der Waals surface area contributed by atoms with Crippen molar-refractivity contribution in [3.05, 3.63) is 6.92 Å². The number of rotatable bonds is 1. The minimum atomic E-state index is -0.833. The van der Waals surface area contributed by atoms with Gasteiger partial charge >= 0.3 is 18.9 Å². The summed E-state index contributed by atoms with van der Waals surface area (Å²) in [7, 11) is 0. The van der Waals surface area contributed by atoms with Gasteiger partial charge in [0.25, 0.3) is 5.97 Å². The van der Waals surface area contributed by atoms with Crippen LogP contribution in [-0.4, -0.2) is 11.1 Å². The van der Waals surface area contributed by atoms with Crippen molar-refractivity contribution in [2.75, 3.05) is 0 Å². The van der Waals surface area contributed by atoms with Crippen molar-refractivity contribution >= 4 is 5.97 Å².